The highest BCUT2D eigenvalue weighted by molar-refractivity contribution is 6.23. The van der Waals surface area contributed by atoms with Gasteiger partial charge in [0, 0.05) is 11.8 Å². The van der Waals surface area contributed by atoms with Gasteiger partial charge in [0.15, 0.2) is 0 Å². The molecule has 0 aromatic heterocycles. The molecular weight excluding hydrogens is 406 g/mol. The van der Waals surface area contributed by atoms with Crippen LogP contribution in [0.25, 0.3) is 5.57 Å². The number of hydrogen-bond donors (Lipinski definition) is 0. The fourth-order valence-electron chi connectivity index (χ4n) is 5.87. The van der Waals surface area contributed by atoms with Crippen molar-refractivity contribution in [3.8, 4) is 0 Å². The summed E-state index contributed by atoms with van der Waals surface area (Å²) in [6.07, 6.45) is 4.31. The zero-order valence-electron chi connectivity index (χ0n) is 18.7. The van der Waals surface area contributed by atoms with E-state index in [0.717, 1.165) is 16.7 Å². The molecule has 1 heterocycles. The number of nitrogens with zero attached hydrogens (tertiary/aromatic N) is 1. The van der Waals surface area contributed by atoms with Crippen molar-refractivity contribution in [3.63, 3.8) is 0 Å². The van der Waals surface area contributed by atoms with E-state index in [9.17, 15) is 9.59 Å². The van der Waals surface area contributed by atoms with Gasteiger partial charge in [-0.15, -0.1) is 0 Å². The van der Waals surface area contributed by atoms with E-state index >= 15 is 0 Å². The number of carbonyl (C=O) groups excluding carboxylic acids is 2. The molecule has 1 saturated carbocycles. The van der Waals surface area contributed by atoms with Gasteiger partial charge in [-0.25, -0.2) is 4.90 Å². The Morgan fingerprint density at radius 2 is 1.09 bits per heavy atom. The summed E-state index contributed by atoms with van der Waals surface area (Å²) in [6.45, 7) is 4.17. The lowest BCUT2D eigenvalue weighted by Crippen LogP contribution is -2.33. The third-order valence-corrected chi connectivity index (χ3v) is 7.40. The summed E-state index contributed by atoms with van der Waals surface area (Å²) >= 11 is 0. The quantitative estimate of drug-likeness (QED) is 0.392. The molecule has 6 rings (SSSR count). The first-order chi connectivity index (χ1) is 16.0. The smallest absolute Gasteiger partial charge is 0.238 e. The van der Waals surface area contributed by atoms with Crippen LogP contribution < -0.4 is 4.90 Å². The van der Waals surface area contributed by atoms with Crippen molar-refractivity contribution < 1.29 is 9.59 Å². The lowest BCUT2D eigenvalue weighted by atomic mass is 9.85. The van der Waals surface area contributed by atoms with Gasteiger partial charge in [-0.1, -0.05) is 90.0 Å². The first-order valence-electron chi connectivity index (χ1n) is 11.5. The Bertz CT molecular complexity index is 1230. The average Bonchev–Trinajstić information content (AvgIpc) is 3.46. The Kier molecular flexibility index (Phi) is 4.48. The molecule has 4 atom stereocenters. The van der Waals surface area contributed by atoms with Gasteiger partial charge in [0.05, 0.1) is 17.5 Å². The van der Waals surface area contributed by atoms with Gasteiger partial charge < -0.3 is 0 Å². The van der Waals surface area contributed by atoms with E-state index in [1.807, 2.05) is 30.3 Å². The van der Waals surface area contributed by atoms with Gasteiger partial charge in [0.25, 0.3) is 0 Å². The molecule has 2 bridgehead atoms. The molecule has 3 nitrogen and oxygen atoms in total. The van der Waals surface area contributed by atoms with Crippen molar-refractivity contribution in [1.82, 2.24) is 0 Å². The number of imide groups is 1. The molecule has 2 fully saturated rings. The zero-order valence-corrected chi connectivity index (χ0v) is 18.7. The van der Waals surface area contributed by atoms with Crippen LogP contribution in [0.2, 0.25) is 0 Å². The van der Waals surface area contributed by atoms with E-state index < -0.39 is 0 Å². The number of para-hydroxylation sites is 1. The highest BCUT2D eigenvalue weighted by atomic mass is 16.2. The lowest BCUT2D eigenvalue weighted by molar-refractivity contribution is -0.122. The molecular formula is C30H25NO2. The second-order valence-electron chi connectivity index (χ2n) is 9.40. The Morgan fingerprint density at radius 3 is 1.55 bits per heavy atom. The molecule has 0 N–H and O–H groups in total. The van der Waals surface area contributed by atoms with Crippen molar-refractivity contribution in [2.75, 3.05) is 4.90 Å². The van der Waals surface area contributed by atoms with Gasteiger partial charge in [-0.2, -0.15) is 0 Å². The van der Waals surface area contributed by atoms with Crippen molar-refractivity contribution in [2.45, 2.75) is 13.8 Å². The van der Waals surface area contributed by atoms with Crippen LogP contribution in [0.15, 0.2) is 96.6 Å². The highest BCUT2D eigenvalue weighted by Gasteiger charge is 2.62. The van der Waals surface area contributed by atoms with E-state index in [2.05, 4.69) is 74.5 Å². The molecule has 3 aliphatic rings. The van der Waals surface area contributed by atoms with Crippen LogP contribution in [0, 0.1) is 37.5 Å². The number of hydrogen-bond acceptors (Lipinski definition) is 2. The number of anilines is 1. The predicted molar refractivity (Wildman–Crippen MR) is 130 cm³/mol. The van der Waals surface area contributed by atoms with Gasteiger partial charge >= 0.3 is 0 Å². The van der Waals surface area contributed by atoms with Crippen LogP contribution in [0.4, 0.5) is 5.69 Å². The minimum atomic E-state index is -0.325. The summed E-state index contributed by atoms with van der Waals surface area (Å²) in [4.78, 5) is 28.5. The minimum absolute atomic E-state index is 0.0530. The molecule has 0 spiro atoms. The number of benzene rings is 3. The summed E-state index contributed by atoms with van der Waals surface area (Å²) in [7, 11) is 0. The summed E-state index contributed by atoms with van der Waals surface area (Å²) in [5.41, 5.74) is 7.74. The van der Waals surface area contributed by atoms with E-state index in [0.29, 0.717) is 5.69 Å². The Labute approximate surface area is 194 Å². The van der Waals surface area contributed by atoms with Gasteiger partial charge in [0.2, 0.25) is 11.8 Å². The molecule has 2 aliphatic carbocycles. The van der Waals surface area contributed by atoms with Gasteiger partial charge in [-0.3, -0.25) is 9.59 Å². The van der Waals surface area contributed by atoms with Gasteiger partial charge in [-0.05, 0) is 48.3 Å². The second kappa shape index (κ2) is 7.41. The van der Waals surface area contributed by atoms with Gasteiger partial charge in [0.1, 0.15) is 0 Å². The topological polar surface area (TPSA) is 37.4 Å². The summed E-state index contributed by atoms with van der Waals surface area (Å²) in [5.74, 6) is -0.900. The molecule has 1 saturated heterocycles. The molecule has 4 unspecified atom stereocenters. The fraction of sp³-hybridized carbons (Fsp3) is 0.200. The molecule has 0 radical (unpaired) electrons. The first kappa shape index (κ1) is 19.9. The van der Waals surface area contributed by atoms with Crippen LogP contribution in [-0.2, 0) is 9.59 Å². The first-order valence-corrected chi connectivity index (χ1v) is 11.5. The number of amides is 2. The Hall–Kier alpha value is -3.72. The molecule has 3 heteroatoms. The highest BCUT2D eigenvalue weighted by Crippen LogP contribution is 2.58. The van der Waals surface area contributed by atoms with Crippen molar-refractivity contribution >= 4 is 23.1 Å². The predicted octanol–water partition coefficient (Wildman–Crippen LogP) is 5.73. The summed E-state index contributed by atoms with van der Waals surface area (Å²) in [5, 5.41) is 0. The molecule has 1 aliphatic heterocycles. The zero-order chi connectivity index (χ0) is 22.7. The van der Waals surface area contributed by atoms with Crippen LogP contribution >= 0.6 is 0 Å². The van der Waals surface area contributed by atoms with Crippen molar-refractivity contribution in [2.24, 2.45) is 23.7 Å². The molecule has 33 heavy (non-hydrogen) atoms. The Morgan fingerprint density at radius 1 is 0.636 bits per heavy atom. The largest absolute Gasteiger partial charge is 0.274 e. The van der Waals surface area contributed by atoms with E-state index in [4.69, 9.17) is 0 Å². The standard InChI is InChI=1S/C30H25NO2/c1-18-8-12-20(13-9-18)25(21-14-10-19(2)11-15-21)26-23-16-17-24(26)28-27(23)29(32)31(30(28)33)22-6-4-3-5-7-22/h3-17,23-24,27-28H,1-2H3. The lowest BCUT2D eigenvalue weighted by Gasteiger charge is -2.21. The van der Waals surface area contributed by atoms with Crippen LogP contribution in [0.1, 0.15) is 22.3 Å². The normalized spacial score (nSPS) is 25.2. The number of allylic oxidation sites excluding steroid dienone is 3. The summed E-state index contributed by atoms with van der Waals surface area (Å²) in [6, 6.07) is 26.5. The maximum atomic E-state index is 13.6. The molecule has 2 amide bonds. The molecule has 3 aromatic rings. The maximum Gasteiger partial charge on any atom is 0.238 e. The average molecular weight is 432 g/mol. The van der Waals surface area contributed by atoms with Crippen LogP contribution in [0.3, 0.4) is 0 Å². The minimum Gasteiger partial charge on any atom is -0.274 e. The van der Waals surface area contributed by atoms with Crippen LogP contribution in [0.5, 0.6) is 0 Å². The van der Waals surface area contributed by atoms with Crippen LogP contribution in [-0.4, -0.2) is 11.8 Å². The number of aryl methyl sites for hydroxylation is 2. The SMILES string of the molecule is Cc1ccc(C(=C2C3C=CC2C2C(=O)N(c4ccccc4)C(=O)C32)c2ccc(C)cc2)cc1. The number of carbonyl (C=O) groups is 2. The third-order valence-electron chi connectivity index (χ3n) is 7.40. The summed E-state index contributed by atoms with van der Waals surface area (Å²) < 4.78 is 0. The molecule has 3 aromatic carbocycles. The maximum absolute atomic E-state index is 13.6. The van der Waals surface area contributed by atoms with E-state index in [-0.39, 0.29) is 35.5 Å². The number of rotatable bonds is 3. The second-order valence-corrected chi connectivity index (χ2v) is 9.40. The fourth-order valence-corrected chi connectivity index (χ4v) is 5.87. The van der Waals surface area contributed by atoms with Crippen molar-refractivity contribution in [3.05, 3.63) is 119 Å². The van der Waals surface area contributed by atoms with E-state index in [1.54, 1.807) is 0 Å². The van der Waals surface area contributed by atoms with E-state index in [1.165, 1.54) is 21.6 Å². The Balaban J connectivity index is 1.50. The number of fused-ring (bicyclic) bond motifs is 5. The van der Waals surface area contributed by atoms with Crippen molar-refractivity contribution in [1.29, 1.82) is 0 Å². The monoisotopic (exact) mass is 431 g/mol. The molecule has 162 valence electrons. The third kappa shape index (κ3) is 2.96.